The van der Waals surface area contributed by atoms with E-state index in [-0.39, 0.29) is 12.7 Å². The van der Waals surface area contributed by atoms with Crippen LogP contribution in [0.3, 0.4) is 0 Å². The first kappa shape index (κ1) is 12.6. The van der Waals surface area contributed by atoms with Crippen LogP contribution in [0.5, 0.6) is 11.5 Å². The first-order valence-electron chi connectivity index (χ1n) is 6.48. The third kappa shape index (κ3) is 2.34. The van der Waals surface area contributed by atoms with Crippen molar-refractivity contribution in [2.24, 2.45) is 0 Å². The molecule has 0 spiro atoms. The molecule has 0 unspecified atom stereocenters. The van der Waals surface area contributed by atoms with E-state index in [0.717, 1.165) is 17.1 Å². The van der Waals surface area contributed by atoms with Crippen LogP contribution in [0.4, 0.5) is 0 Å². The van der Waals surface area contributed by atoms with E-state index < -0.39 is 0 Å². The molecule has 1 aromatic carbocycles. The Kier molecular flexibility index (Phi) is 3.33. The van der Waals surface area contributed by atoms with Crippen molar-refractivity contribution in [3.05, 3.63) is 47.9 Å². The highest BCUT2D eigenvalue weighted by Crippen LogP contribution is 2.32. The molecule has 20 heavy (non-hydrogen) atoms. The van der Waals surface area contributed by atoms with Gasteiger partial charge >= 0.3 is 0 Å². The maximum absolute atomic E-state index is 12.3. The van der Waals surface area contributed by atoms with Crippen LogP contribution < -0.4 is 9.47 Å². The SMILES string of the molecule is CCN(Cc1ccc2c(c1)OCO2)C(=O)c1ccoc1. The van der Waals surface area contributed by atoms with Gasteiger partial charge in [-0.15, -0.1) is 0 Å². The van der Waals surface area contributed by atoms with Crippen LogP contribution >= 0.6 is 0 Å². The maximum atomic E-state index is 12.3. The molecule has 0 N–H and O–H groups in total. The van der Waals surface area contributed by atoms with Gasteiger partial charge in [0.05, 0.1) is 11.8 Å². The lowest BCUT2D eigenvalue weighted by atomic mass is 10.1. The molecule has 3 rings (SSSR count). The summed E-state index contributed by atoms with van der Waals surface area (Å²) in [6.07, 6.45) is 2.96. The Morgan fingerprint density at radius 1 is 1.25 bits per heavy atom. The molecule has 2 aromatic rings. The third-order valence-corrected chi connectivity index (χ3v) is 3.25. The van der Waals surface area contributed by atoms with E-state index in [1.165, 1.54) is 12.5 Å². The van der Waals surface area contributed by atoms with Crippen LogP contribution in [0.2, 0.25) is 0 Å². The number of hydrogen-bond donors (Lipinski definition) is 0. The predicted octanol–water partition coefficient (Wildman–Crippen LogP) is 2.67. The molecule has 1 amide bonds. The van der Waals surface area contributed by atoms with Gasteiger partial charge in [0.25, 0.3) is 5.91 Å². The van der Waals surface area contributed by atoms with E-state index in [1.807, 2.05) is 25.1 Å². The Bertz CT molecular complexity index is 606. The zero-order chi connectivity index (χ0) is 13.9. The second-order valence-electron chi connectivity index (χ2n) is 4.52. The normalized spacial score (nSPS) is 12.4. The first-order valence-corrected chi connectivity index (χ1v) is 6.48. The Morgan fingerprint density at radius 2 is 2.10 bits per heavy atom. The van der Waals surface area contributed by atoms with E-state index in [0.29, 0.717) is 18.7 Å². The molecule has 0 fully saturated rings. The second-order valence-corrected chi connectivity index (χ2v) is 4.52. The predicted molar refractivity (Wildman–Crippen MR) is 71.7 cm³/mol. The molecule has 1 aromatic heterocycles. The van der Waals surface area contributed by atoms with Crippen LogP contribution in [0.1, 0.15) is 22.8 Å². The van der Waals surface area contributed by atoms with E-state index in [1.54, 1.807) is 11.0 Å². The van der Waals surface area contributed by atoms with Gasteiger partial charge in [0.2, 0.25) is 6.79 Å². The maximum Gasteiger partial charge on any atom is 0.257 e. The lowest BCUT2D eigenvalue weighted by molar-refractivity contribution is 0.0751. The number of amides is 1. The summed E-state index contributed by atoms with van der Waals surface area (Å²) < 4.78 is 15.6. The van der Waals surface area contributed by atoms with Crippen molar-refractivity contribution in [2.45, 2.75) is 13.5 Å². The molecule has 0 radical (unpaired) electrons. The molecule has 5 heteroatoms. The fourth-order valence-corrected chi connectivity index (χ4v) is 2.16. The van der Waals surface area contributed by atoms with Crippen LogP contribution in [0.25, 0.3) is 0 Å². The molecule has 0 atom stereocenters. The Labute approximate surface area is 116 Å². The van der Waals surface area contributed by atoms with Crippen molar-refractivity contribution in [1.29, 1.82) is 0 Å². The largest absolute Gasteiger partial charge is 0.472 e. The minimum absolute atomic E-state index is 0.0427. The zero-order valence-corrected chi connectivity index (χ0v) is 11.2. The number of carbonyl (C=O) groups is 1. The number of ether oxygens (including phenoxy) is 2. The summed E-state index contributed by atoms with van der Waals surface area (Å²) in [4.78, 5) is 14.0. The average molecular weight is 273 g/mol. The van der Waals surface area contributed by atoms with E-state index in [9.17, 15) is 4.79 Å². The van der Waals surface area contributed by atoms with Gasteiger partial charge in [-0.25, -0.2) is 0 Å². The molecule has 104 valence electrons. The summed E-state index contributed by atoms with van der Waals surface area (Å²) in [6, 6.07) is 7.39. The molecule has 1 aliphatic heterocycles. The second kappa shape index (κ2) is 5.28. The van der Waals surface area contributed by atoms with Crippen molar-refractivity contribution >= 4 is 5.91 Å². The quantitative estimate of drug-likeness (QED) is 0.859. The number of carbonyl (C=O) groups excluding carboxylic acids is 1. The Balaban J connectivity index is 1.76. The van der Waals surface area contributed by atoms with Gasteiger partial charge in [0, 0.05) is 13.1 Å². The van der Waals surface area contributed by atoms with Gasteiger partial charge < -0.3 is 18.8 Å². The van der Waals surface area contributed by atoms with Crippen molar-refractivity contribution in [3.8, 4) is 11.5 Å². The summed E-state index contributed by atoms with van der Waals surface area (Å²) in [5, 5.41) is 0. The van der Waals surface area contributed by atoms with Gasteiger partial charge in [-0.2, -0.15) is 0 Å². The van der Waals surface area contributed by atoms with Crippen LogP contribution in [-0.4, -0.2) is 24.1 Å². The monoisotopic (exact) mass is 273 g/mol. The average Bonchev–Trinajstić information content (AvgIpc) is 3.14. The zero-order valence-electron chi connectivity index (χ0n) is 11.2. The van der Waals surface area contributed by atoms with Crippen molar-refractivity contribution in [3.63, 3.8) is 0 Å². The highest BCUT2D eigenvalue weighted by Gasteiger charge is 2.18. The van der Waals surface area contributed by atoms with Crippen LogP contribution in [0, 0.1) is 0 Å². The minimum atomic E-state index is -0.0427. The lowest BCUT2D eigenvalue weighted by Gasteiger charge is -2.20. The lowest BCUT2D eigenvalue weighted by Crippen LogP contribution is -2.29. The van der Waals surface area contributed by atoms with Gasteiger partial charge in [0.1, 0.15) is 6.26 Å². The van der Waals surface area contributed by atoms with Crippen LogP contribution in [0.15, 0.2) is 41.2 Å². The summed E-state index contributed by atoms with van der Waals surface area (Å²) in [6.45, 7) is 3.35. The molecule has 2 heterocycles. The molecule has 0 saturated heterocycles. The fraction of sp³-hybridized carbons (Fsp3) is 0.267. The number of benzene rings is 1. The smallest absolute Gasteiger partial charge is 0.257 e. The molecule has 1 aliphatic rings. The van der Waals surface area contributed by atoms with Gasteiger partial charge in [-0.3, -0.25) is 4.79 Å². The molecule has 5 nitrogen and oxygen atoms in total. The first-order chi connectivity index (χ1) is 9.78. The molecule has 0 bridgehead atoms. The molecule has 0 saturated carbocycles. The number of fused-ring (bicyclic) bond motifs is 1. The standard InChI is InChI=1S/C15H15NO4/c1-2-16(15(17)12-5-6-18-9-12)8-11-3-4-13-14(7-11)20-10-19-13/h3-7,9H,2,8,10H2,1H3. The Hall–Kier alpha value is -2.43. The molecule has 0 aliphatic carbocycles. The number of rotatable bonds is 4. The van der Waals surface area contributed by atoms with Crippen molar-refractivity contribution in [1.82, 2.24) is 4.90 Å². The number of furan rings is 1. The third-order valence-electron chi connectivity index (χ3n) is 3.25. The minimum Gasteiger partial charge on any atom is -0.472 e. The number of hydrogen-bond acceptors (Lipinski definition) is 4. The summed E-state index contributed by atoms with van der Waals surface area (Å²) in [7, 11) is 0. The summed E-state index contributed by atoms with van der Waals surface area (Å²) in [5.74, 6) is 1.44. The van der Waals surface area contributed by atoms with Crippen LogP contribution in [-0.2, 0) is 6.54 Å². The van der Waals surface area contributed by atoms with Gasteiger partial charge in [-0.05, 0) is 30.7 Å². The van der Waals surface area contributed by atoms with Crippen molar-refractivity contribution < 1.29 is 18.7 Å². The summed E-state index contributed by atoms with van der Waals surface area (Å²) in [5.41, 5.74) is 1.57. The van der Waals surface area contributed by atoms with Gasteiger partial charge in [0.15, 0.2) is 11.5 Å². The Morgan fingerprint density at radius 3 is 2.85 bits per heavy atom. The summed E-state index contributed by atoms with van der Waals surface area (Å²) >= 11 is 0. The van der Waals surface area contributed by atoms with Crippen molar-refractivity contribution in [2.75, 3.05) is 13.3 Å². The van der Waals surface area contributed by atoms with Gasteiger partial charge in [-0.1, -0.05) is 6.07 Å². The highest BCUT2D eigenvalue weighted by atomic mass is 16.7. The fourth-order valence-electron chi connectivity index (χ4n) is 2.16. The number of nitrogens with zero attached hydrogens (tertiary/aromatic N) is 1. The molecular formula is C15H15NO4. The highest BCUT2D eigenvalue weighted by molar-refractivity contribution is 5.93. The molecular weight excluding hydrogens is 258 g/mol. The van der Waals surface area contributed by atoms with E-state index in [4.69, 9.17) is 13.9 Å². The topological polar surface area (TPSA) is 51.9 Å². The van der Waals surface area contributed by atoms with E-state index >= 15 is 0 Å². The van der Waals surface area contributed by atoms with E-state index in [2.05, 4.69) is 0 Å².